The highest BCUT2D eigenvalue weighted by Crippen LogP contribution is 2.24. The molecular weight excluding hydrogens is 336 g/mol. The van der Waals surface area contributed by atoms with E-state index >= 15 is 0 Å². The first-order valence-electron chi connectivity index (χ1n) is 9.66. The van der Waals surface area contributed by atoms with E-state index in [1.165, 1.54) is 0 Å². The molecule has 8 heteroatoms. The fraction of sp³-hybridized carbons (Fsp3) is 0.944. The minimum Gasteiger partial charge on any atom is -0.371 e. The van der Waals surface area contributed by atoms with Crippen LogP contribution in [-0.4, -0.2) is 117 Å². The van der Waals surface area contributed by atoms with Gasteiger partial charge in [0, 0.05) is 45.4 Å². The van der Waals surface area contributed by atoms with Crippen molar-refractivity contribution in [1.82, 2.24) is 20.0 Å². The molecule has 1 amide bonds. The second-order valence-corrected chi connectivity index (χ2v) is 7.72. The number of likely N-dealkylation sites (N-methyl/N-ethyl adjacent to an activating group) is 2. The SMILES string of the molecule is C[C@@H]1C[C@H](N(C)C)[C@@H](OCCCNC(=O)CN2CCN(C)CC2)[C@H](O)O1. The van der Waals surface area contributed by atoms with Crippen LogP contribution in [0.3, 0.4) is 0 Å². The standard InChI is InChI=1S/C18H36N4O4/c1-14-12-15(20(2)3)17(18(24)26-14)25-11-5-6-19-16(23)13-22-9-7-21(4)8-10-22/h14-15,17-18,24H,5-13H2,1-4H3,(H,19,23)/t14-,15+,17-,18-/m1/s1. The van der Waals surface area contributed by atoms with Crippen LogP contribution in [0.2, 0.25) is 0 Å². The molecule has 2 N–H and O–H groups in total. The number of carbonyl (C=O) groups is 1. The first-order chi connectivity index (χ1) is 12.4. The molecule has 0 spiro atoms. The maximum atomic E-state index is 12.0. The summed E-state index contributed by atoms with van der Waals surface area (Å²) < 4.78 is 11.4. The van der Waals surface area contributed by atoms with E-state index in [1.54, 1.807) is 0 Å². The van der Waals surface area contributed by atoms with Gasteiger partial charge in [-0.15, -0.1) is 0 Å². The number of amides is 1. The number of hydrogen-bond acceptors (Lipinski definition) is 7. The molecule has 0 radical (unpaired) electrons. The Balaban J connectivity index is 1.61. The molecule has 0 aromatic heterocycles. The maximum absolute atomic E-state index is 12.0. The van der Waals surface area contributed by atoms with Crippen LogP contribution in [-0.2, 0) is 14.3 Å². The fourth-order valence-corrected chi connectivity index (χ4v) is 3.52. The normalized spacial score (nSPS) is 31.3. The first kappa shape index (κ1) is 21.5. The van der Waals surface area contributed by atoms with Crippen molar-refractivity contribution in [3.8, 4) is 0 Å². The Labute approximate surface area is 157 Å². The predicted octanol–water partition coefficient (Wildman–Crippen LogP) is -0.817. The van der Waals surface area contributed by atoms with Crippen molar-refractivity contribution in [3.63, 3.8) is 0 Å². The van der Waals surface area contributed by atoms with Crippen molar-refractivity contribution < 1.29 is 19.4 Å². The van der Waals surface area contributed by atoms with E-state index in [4.69, 9.17) is 9.47 Å². The van der Waals surface area contributed by atoms with Gasteiger partial charge in [-0.3, -0.25) is 9.69 Å². The van der Waals surface area contributed by atoms with Crippen molar-refractivity contribution in [2.75, 3.05) is 67.0 Å². The summed E-state index contributed by atoms with van der Waals surface area (Å²) in [6.45, 7) is 7.40. The third-order valence-electron chi connectivity index (χ3n) is 5.19. The van der Waals surface area contributed by atoms with Crippen molar-refractivity contribution in [2.24, 2.45) is 0 Å². The molecule has 0 aromatic rings. The zero-order valence-electron chi connectivity index (χ0n) is 16.7. The summed E-state index contributed by atoms with van der Waals surface area (Å²) in [5.74, 6) is 0.0654. The summed E-state index contributed by atoms with van der Waals surface area (Å²) in [5, 5.41) is 13.1. The van der Waals surface area contributed by atoms with Gasteiger partial charge in [-0.25, -0.2) is 0 Å². The molecule has 2 saturated heterocycles. The molecule has 0 unspecified atom stereocenters. The fourth-order valence-electron chi connectivity index (χ4n) is 3.52. The lowest BCUT2D eigenvalue weighted by atomic mass is 9.99. The van der Waals surface area contributed by atoms with E-state index in [0.717, 1.165) is 32.6 Å². The molecule has 2 aliphatic heterocycles. The van der Waals surface area contributed by atoms with Crippen LogP contribution >= 0.6 is 0 Å². The predicted molar refractivity (Wildman–Crippen MR) is 99.9 cm³/mol. The van der Waals surface area contributed by atoms with Crippen LogP contribution in [0.1, 0.15) is 19.8 Å². The molecule has 0 bridgehead atoms. The number of rotatable bonds is 8. The van der Waals surface area contributed by atoms with Gasteiger partial charge < -0.3 is 29.7 Å². The Kier molecular flexibility index (Phi) is 8.72. The number of aliphatic hydroxyl groups is 1. The number of hydrogen-bond donors (Lipinski definition) is 2. The average molecular weight is 373 g/mol. The van der Waals surface area contributed by atoms with Gasteiger partial charge in [-0.05, 0) is 40.9 Å². The second-order valence-electron chi connectivity index (χ2n) is 7.72. The molecule has 0 aliphatic carbocycles. The Bertz CT molecular complexity index is 429. The maximum Gasteiger partial charge on any atom is 0.234 e. The van der Waals surface area contributed by atoms with E-state index in [2.05, 4.69) is 27.1 Å². The van der Waals surface area contributed by atoms with Gasteiger partial charge in [0.15, 0.2) is 6.29 Å². The number of aliphatic hydroxyl groups excluding tert-OH is 1. The summed E-state index contributed by atoms with van der Waals surface area (Å²) in [6, 6.07) is 0.126. The molecular formula is C18H36N4O4. The number of carbonyl (C=O) groups excluding carboxylic acids is 1. The summed E-state index contributed by atoms with van der Waals surface area (Å²) >= 11 is 0. The van der Waals surface area contributed by atoms with Gasteiger partial charge in [0.1, 0.15) is 6.10 Å². The zero-order chi connectivity index (χ0) is 19.1. The smallest absolute Gasteiger partial charge is 0.234 e. The monoisotopic (exact) mass is 372 g/mol. The topological polar surface area (TPSA) is 77.5 Å². The van der Waals surface area contributed by atoms with E-state index in [0.29, 0.717) is 26.1 Å². The number of ether oxygens (including phenoxy) is 2. The quantitative estimate of drug-likeness (QED) is 0.539. The summed E-state index contributed by atoms with van der Waals surface area (Å²) in [7, 11) is 6.09. The molecule has 8 nitrogen and oxygen atoms in total. The van der Waals surface area contributed by atoms with Gasteiger partial charge in [0.25, 0.3) is 0 Å². The summed E-state index contributed by atoms with van der Waals surface area (Å²) in [6.07, 6.45) is 0.301. The van der Waals surface area contributed by atoms with Crippen molar-refractivity contribution in [1.29, 1.82) is 0 Å². The van der Waals surface area contributed by atoms with E-state index < -0.39 is 6.29 Å². The molecule has 26 heavy (non-hydrogen) atoms. The highest BCUT2D eigenvalue weighted by atomic mass is 16.6. The lowest BCUT2D eigenvalue weighted by Gasteiger charge is -2.41. The van der Waals surface area contributed by atoms with Crippen molar-refractivity contribution >= 4 is 5.91 Å². The highest BCUT2D eigenvalue weighted by Gasteiger charge is 2.38. The van der Waals surface area contributed by atoms with Gasteiger partial charge in [-0.2, -0.15) is 0 Å². The minimum atomic E-state index is -0.905. The molecule has 2 rings (SSSR count). The molecule has 0 saturated carbocycles. The van der Waals surface area contributed by atoms with Gasteiger partial charge in [-0.1, -0.05) is 0 Å². The Hall–Kier alpha value is -0.770. The zero-order valence-corrected chi connectivity index (χ0v) is 16.7. The van der Waals surface area contributed by atoms with Crippen LogP contribution < -0.4 is 5.32 Å². The summed E-state index contributed by atoms with van der Waals surface area (Å²) in [4.78, 5) is 18.5. The van der Waals surface area contributed by atoms with Crippen molar-refractivity contribution in [2.45, 2.75) is 44.3 Å². The highest BCUT2D eigenvalue weighted by molar-refractivity contribution is 5.77. The molecule has 2 aliphatic rings. The van der Waals surface area contributed by atoms with E-state index in [9.17, 15) is 9.90 Å². The Morgan fingerprint density at radius 3 is 2.65 bits per heavy atom. The van der Waals surface area contributed by atoms with Crippen LogP contribution in [0.15, 0.2) is 0 Å². The van der Waals surface area contributed by atoms with Crippen molar-refractivity contribution in [3.05, 3.63) is 0 Å². The minimum absolute atomic E-state index is 0.0195. The van der Waals surface area contributed by atoms with E-state index in [-0.39, 0.29) is 24.2 Å². The number of piperazine rings is 1. The van der Waals surface area contributed by atoms with Gasteiger partial charge >= 0.3 is 0 Å². The lowest BCUT2D eigenvalue weighted by molar-refractivity contribution is -0.243. The van der Waals surface area contributed by atoms with E-state index in [1.807, 2.05) is 21.0 Å². The Morgan fingerprint density at radius 2 is 2.00 bits per heavy atom. The third-order valence-corrected chi connectivity index (χ3v) is 5.19. The molecule has 2 fully saturated rings. The largest absolute Gasteiger partial charge is 0.371 e. The molecule has 2 heterocycles. The van der Waals surface area contributed by atoms with Crippen LogP contribution in [0.5, 0.6) is 0 Å². The van der Waals surface area contributed by atoms with Crippen LogP contribution in [0, 0.1) is 0 Å². The average Bonchev–Trinajstić information content (AvgIpc) is 2.57. The second kappa shape index (κ2) is 10.5. The van der Waals surface area contributed by atoms with Crippen LogP contribution in [0.4, 0.5) is 0 Å². The Morgan fingerprint density at radius 1 is 1.31 bits per heavy atom. The first-order valence-corrected chi connectivity index (χ1v) is 9.66. The molecule has 152 valence electrons. The van der Waals surface area contributed by atoms with Gasteiger partial charge in [0.2, 0.25) is 5.91 Å². The van der Waals surface area contributed by atoms with Gasteiger partial charge in [0.05, 0.1) is 12.6 Å². The molecule has 0 aromatic carbocycles. The third kappa shape index (κ3) is 6.75. The summed E-state index contributed by atoms with van der Waals surface area (Å²) in [5.41, 5.74) is 0. The van der Waals surface area contributed by atoms with Crippen LogP contribution in [0.25, 0.3) is 0 Å². The molecule has 4 atom stereocenters. The lowest BCUT2D eigenvalue weighted by Crippen LogP contribution is -2.54. The number of nitrogens with one attached hydrogen (secondary N) is 1. The number of nitrogens with zero attached hydrogens (tertiary/aromatic N) is 3.